The van der Waals surface area contributed by atoms with Gasteiger partial charge in [0.1, 0.15) is 0 Å². The maximum atomic E-state index is 6.15. The van der Waals surface area contributed by atoms with E-state index in [4.69, 9.17) is 11.6 Å². The van der Waals surface area contributed by atoms with E-state index in [1.54, 1.807) is 0 Å². The maximum absolute atomic E-state index is 6.15. The average molecular weight is 240 g/mol. The summed E-state index contributed by atoms with van der Waals surface area (Å²) in [6.45, 7) is 1.94. The second-order valence-electron chi connectivity index (χ2n) is 4.89. The Labute approximate surface area is 101 Å². The number of nitrogens with zero attached hydrogens (tertiary/aromatic N) is 2. The molecule has 0 bridgehead atoms. The fourth-order valence-electron chi connectivity index (χ4n) is 2.57. The molecule has 3 nitrogen and oxygen atoms in total. The quantitative estimate of drug-likeness (QED) is 0.879. The summed E-state index contributed by atoms with van der Waals surface area (Å²) in [6.07, 6.45) is 7.67. The highest BCUT2D eigenvalue weighted by Crippen LogP contribution is 2.24. The van der Waals surface area contributed by atoms with Gasteiger partial charge in [0.2, 0.25) is 5.28 Å². The Morgan fingerprint density at radius 1 is 1.31 bits per heavy atom. The molecular weight excluding hydrogens is 222 g/mol. The third-order valence-electron chi connectivity index (χ3n) is 3.82. The second-order valence-corrected chi connectivity index (χ2v) is 5.23. The van der Waals surface area contributed by atoms with Crippen molar-refractivity contribution in [3.05, 3.63) is 16.7 Å². The zero-order valence-electron chi connectivity index (χ0n) is 9.51. The molecule has 1 aromatic rings. The van der Waals surface area contributed by atoms with Gasteiger partial charge in [-0.15, -0.1) is 0 Å². The second kappa shape index (κ2) is 4.38. The molecule has 4 heteroatoms. The topological polar surface area (TPSA) is 29.9 Å². The van der Waals surface area contributed by atoms with Crippen molar-refractivity contribution in [2.24, 2.45) is 0 Å². The molecule has 0 saturated heterocycles. The number of halogens is 1. The molecule has 1 fully saturated rings. The van der Waals surface area contributed by atoms with Crippen LogP contribution >= 0.6 is 11.6 Å². The van der Waals surface area contributed by atoms with Crippen LogP contribution in [-0.4, -0.2) is 15.6 Å². The first-order chi connectivity index (χ1) is 7.84. The molecule has 2 heterocycles. The molecular formula is C12H18ClN3. The van der Waals surface area contributed by atoms with Crippen molar-refractivity contribution < 1.29 is 0 Å². The van der Waals surface area contributed by atoms with E-state index in [1.807, 2.05) is 0 Å². The van der Waals surface area contributed by atoms with Crippen LogP contribution < -0.4 is 5.32 Å². The van der Waals surface area contributed by atoms with E-state index in [9.17, 15) is 0 Å². The molecule has 2 aliphatic rings. The summed E-state index contributed by atoms with van der Waals surface area (Å²) < 4.78 is 2.18. The van der Waals surface area contributed by atoms with Crippen LogP contribution in [0.3, 0.4) is 0 Å². The van der Waals surface area contributed by atoms with Gasteiger partial charge >= 0.3 is 0 Å². The zero-order chi connectivity index (χ0) is 11.0. The minimum absolute atomic E-state index is 0.681. The lowest BCUT2D eigenvalue weighted by molar-refractivity contribution is 0.336. The van der Waals surface area contributed by atoms with E-state index in [2.05, 4.69) is 14.9 Å². The Morgan fingerprint density at radius 2 is 2.19 bits per heavy atom. The van der Waals surface area contributed by atoms with Crippen LogP contribution in [0.1, 0.15) is 43.5 Å². The fourth-order valence-corrected chi connectivity index (χ4v) is 2.86. The number of imidazole rings is 1. The fraction of sp³-hybridized carbons (Fsp3) is 0.750. The van der Waals surface area contributed by atoms with Crippen LogP contribution in [0.15, 0.2) is 0 Å². The first-order valence-electron chi connectivity index (χ1n) is 6.32. The summed E-state index contributed by atoms with van der Waals surface area (Å²) in [6, 6.07) is 0.722. The highest BCUT2D eigenvalue weighted by molar-refractivity contribution is 6.28. The Kier molecular flexibility index (Phi) is 2.90. The molecule has 1 saturated carbocycles. The van der Waals surface area contributed by atoms with Crippen molar-refractivity contribution in [3.8, 4) is 0 Å². The summed E-state index contributed by atoms with van der Waals surface area (Å²) in [5.41, 5.74) is 2.54. The van der Waals surface area contributed by atoms with E-state index < -0.39 is 0 Å². The van der Waals surface area contributed by atoms with E-state index in [0.717, 1.165) is 25.6 Å². The molecule has 0 radical (unpaired) electrons. The first kappa shape index (κ1) is 10.6. The van der Waals surface area contributed by atoms with Crippen molar-refractivity contribution in [1.82, 2.24) is 14.9 Å². The van der Waals surface area contributed by atoms with E-state index in [1.165, 1.54) is 43.5 Å². The molecule has 0 atom stereocenters. The Hall–Kier alpha value is -0.540. The lowest BCUT2D eigenvalue weighted by Gasteiger charge is -2.26. The van der Waals surface area contributed by atoms with Gasteiger partial charge in [0.05, 0.1) is 5.69 Å². The number of rotatable bonds is 3. The predicted octanol–water partition coefficient (Wildman–Crippen LogP) is 2.51. The molecule has 0 unspecified atom stereocenters. The van der Waals surface area contributed by atoms with Gasteiger partial charge in [0.25, 0.3) is 0 Å². The smallest absolute Gasteiger partial charge is 0.203 e. The van der Waals surface area contributed by atoms with Gasteiger partial charge in [0, 0.05) is 24.8 Å². The van der Waals surface area contributed by atoms with Crippen LogP contribution in [0, 0.1) is 0 Å². The monoisotopic (exact) mass is 239 g/mol. The van der Waals surface area contributed by atoms with Crippen molar-refractivity contribution in [2.75, 3.05) is 0 Å². The molecule has 1 aromatic heterocycles. The van der Waals surface area contributed by atoms with Gasteiger partial charge in [-0.2, -0.15) is 0 Å². The van der Waals surface area contributed by atoms with Gasteiger partial charge in [0.15, 0.2) is 0 Å². The molecule has 16 heavy (non-hydrogen) atoms. The summed E-state index contributed by atoms with van der Waals surface area (Å²) >= 11 is 6.15. The van der Waals surface area contributed by atoms with Gasteiger partial charge in [-0.25, -0.2) is 4.98 Å². The standard InChI is InChI=1S/C12H18ClN3/c13-12-15-10(8-14-9-4-3-5-9)11-6-1-2-7-16(11)12/h9,14H,1-8H2. The van der Waals surface area contributed by atoms with Gasteiger partial charge in [-0.05, 0) is 43.7 Å². The number of fused-ring (bicyclic) bond motifs is 1. The van der Waals surface area contributed by atoms with E-state index in [0.29, 0.717) is 5.28 Å². The molecule has 0 amide bonds. The third-order valence-corrected chi connectivity index (χ3v) is 4.11. The van der Waals surface area contributed by atoms with Gasteiger partial charge in [-0.3, -0.25) is 0 Å². The number of nitrogens with one attached hydrogen (secondary N) is 1. The minimum atomic E-state index is 0.681. The Bertz CT molecular complexity index is 382. The van der Waals surface area contributed by atoms with Crippen LogP contribution in [0.25, 0.3) is 0 Å². The van der Waals surface area contributed by atoms with Crippen LogP contribution in [0.4, 0.5) is 0 Å². The van der Waals surface area contributed by atoms with Crippen molar-refractivity contribution in [2.45, 2.75) is 57.7 Å². The third kappa shape index (κ3) is 1.87. The number of hydrogen-bond acceptors (Lipinski definition) is 2. The highest BCUT2D eigenvalue weighted by Gasteiger charge is 2.21. The molecule has 0 aromatic carbocycles. The average Bonchev–Trinajstić information content (AvgIpc) is 2.55. The molecule has 3 rings (SSSR count). The molecule has 1 aliphatic carbocycles. The Morgan fingerprint density at radius 3 is 2.94 bits per heavy atom. The van der Waals surface area contributed by atoms with Crippen molar-refractivity contribution >= 4 is 11.6 Å². The first-order valence-corrected chi connectivity index (χ1v) is 6.69. The Balaban J connectivity index is 1.73. The molecule has 88 valence electrons. The molecule has 0 spiro atoms. The van der Waals surface area contributed by atoms with Crippen LogP contribution in [0.5, 0.6) is 0 Å². The summed E-state index contributed by atoms with van der Waals surface area (Å²) in [5, 5.41) is 4.25. The largest absolute Gasteiger partial charge is 0.319 e. The van der Waals surface area contributed by atoms with E-state index in [-0.39, 0.29) is 0 Å². The maximum Gasteiger partial charge on any atom is 0.203 e. The molecule has 1 aliphatic heterocycles. The number of aromatic nitrogens is 2. The van der Waals surface area contributed by atoms with Crippen LogP contribution in [0.2, 0.25) is 5.28 Å². The molecule has 1 N–H and O–H groups in total. The van der Waals surface area contributed by atoms with Crippen molar-refractivity contribution in [1.29, 1.82) is 0 Å². The van der Waals surface area contributed by atoms with E-state index >= 15 is 0 Å². The summed E-state index contributed by atoms with van der Waals surface area (Å²) in [5.74, 6) is 0. The van der Waals surface area contributed by atoms with Gasteiger partial charge < -0.3 is 9.88 Å². The summed E-state index contributed by atoms with van der Waals surface area (Å²) in [7, 11) is 0. The van der Waals surface area contributed by atoms with Gasteiger partial charge in [-0.1, -0.05) is 6.42 Å². The minimum Gasteiger partial charge on any atom is -0.319 e. The summed E-state index contributed by atoms with van der Waals surface area (Å²) in [4.78, 5) is 4.49. The van der Waals surface area contributed by atoms with Crippen LogP contribution in [-0.2, 0) is 19.5 Å². The van der Waals surface area contributed by atoms with Crippen molar-refractivity contribution in [3.63, 3.8) is 0 Å². The highest BCUT2D eigenvalue weighted by atomic mass is 35.5. The predicted molar refractivity (Wildman–Crippen MR) is 64.7 cm³/mol. The SMILES string of the molecule is Clc1nc(CNC2CCC2)c2n1CCCC2. The zero-order valence-corrected chi connectivity index (χ0v) is 10.3. The lowest BCUT2D eigenvalue weighted by Crippen LogP contribution is -2.34. The normalized spacial score (nSPS) is 20.6. The number of hydrogen-bond donors (Lipinski definition) is 1. The lowest BCUT2D eigenvalue weighted by atomic mass is 9.93.